The van der Waals surface area contributed by atoms with Gasteiger partial charge in [0, 0.05) is 0 Å². The number of aromatic nitrogens is 4. The Labute approximate surface area is 161 Å². The van der Waals surface area contributed by atoms with Gasteiger partial charge in [0.25, 0.3) is 22.2 Å². The molecule has 1 N–H and O–H groups in total. The monoisotopic (exact) mass is 410 g/mol. The van der Waals surface area contributed by atoms with Gasteiger partial charge in [-0.1, -0.05) is 23.5 Å². The number of hydrogen-bond acceptors (Lipinski definition) is 11. The van der Waals surface area contributed by atoms with Crippen molar-refractivity contribution in [1.82, 2.24) is 20.4 Å². The van der Waals surface area contributed by atoms with Crippen LogP contribution in [0.5, 0.6) is 11.5 Å². The molecule has 1 aromatic carbocycles. The van der Waals surface area contributed by atoms with Crippen molar-refractivity contribution in [2.45, 2.75) is 23.7 Å². The Bertz CT molecular complexity index is 929. The Kier molecular flexibility index (Phi) is 6.19. The zero-order chi connectivity index (χ0) is 19.2. The fourth-order valence-corrected chi connectivity index (χ4v) is 2.51. The number of thioether (sulfide) groups is 2. The van der Waals surface area contributed by atoms with E-state index in [1.165, 1.54) is 41.7 Å². The molecule has 2 heterocycles. The zero-order valence-electron chi connectivity index (χ0n) is 14.2. The highest BCUT2D eigenvalue weighted by atomic mass is 32.2. The minimum Gasteiger partial charge on any atom is -0.480 e. The lowest BCUT2D eigenvalue weighted by atomic mass is 10.2. The molecule has 3 aromatic rings. The molecule has 0 saturated heterocycles. The smallest absolute Gasteiger partial charge is 0.335 e. The molecule has 3 rings (SSSR count). The van der Waals surface area contributed by atoms with Crippen LogP contribution in [0.4, 0.5) is 0 Å². The molecule has 0 aliphatic carbocycles. The van der Waals surface area contributed by atoms with E-state index in [1.54, 1.807) is 6.26 Å². The van der Waals surface area contributed by atoms with Crippen LogP contribution in [0.3, 0.4) is 0 Å². The first-order valence-electron chi connectivity index (χ1n) is 7.44. The second kappa shape index (κ2) is 8.77. The molecule has 2 aromatic heterocycles. The van der Waals surface area contributed by atoms with Crippen LogP contribution in [0.1, 0.15) is 22.1 Å². The van der Waals surface area contributed by atoms with E-state index in [1.807, 2.05) is 6.26 Å². The number of carbonyl (C=O) groups is 1. The van der Waals surface area contributed by atoms with Gasteiger partial charge in [-0.3, -0.25) is 0 Å². The van der Waals surface area contributed by atoms with E-state index in [0.29, 0.717) is 16.2 Å². The predicted molar refractivity (Wildman–Crippen MR) is 94.2 cm³/mol. The molecular formula is C15H14N4O6S2. The summed E-state index contributed by atoms with van der Waals surface area (Å²) in [5, 5.41) is 25.3. The number of nitrogens with zero attached hydrogens (tertiary/aromatic N) is 4. The second-order valence-corrected chi connectivity index (χ2v) is 6.39. The Hall–Kier alpha value is -2.73. The van der Waals surface area contributed by atoms with E-state index in [9.17, 15) is 9.90 Å². The molecule has 27 heavy (non-hydrogen) atoms. The maximum atomic E-state index is 11.2. The minimum absolute atomic E-state index is 0.00746. The first kappa shape index (κ1) is 19.0. The normalized spacial score (nSPS) is 10.7. The summed E-state index contributed by atoms with van der Waals surface area (Å²) in [7, 11) is 0. The standard InChI is InChI=1S/C15H14N4O6S2/c1-26-14-18-16-11(24-14)6-22-9-4-3-8(13(20)21)5-10(9)23-7-12-17-19-15(25-12)27-2/h3-5H,6-7H2,1-2H3,(H,20,21). The lowest BCUT2D eigenvalue weighted by Crippen LogP contribution is -2.03. The number of carboxylic acid groups (broad SMARTS) is 1. The third-order valence-electron chi connectivity index (χ3n) is 3.14. The van der Waals surface area contributed by atoms with Gasteiger partial charge >= 0.3 is 5.97 Å². The van der Waals surface area contributed by atoms with E-state index in [2.05, 4.69) is 20.4 Å². The van der Waals surface area contributed by atoms with Crippen molar-refractivity contribution in [3.05, 3.63) is 35.5 Å². The van der Waals surface area contributed by atoms with E-state index in [4.69, 9.17) is 18.3 Å². The van der Waals surface area contributed by atoms with Gasteiger partial charge in [0.15, 0.2) is 24.7 Å². The maximum Gasteiger partial charge on any atom is 0.335 e. The predicted octanol–water partition coefficient (Wildman–Crippen LogP) is 2.75. The third kappa shape index (κ3) is 4.92. The molecule has 0 saturated carbocycles. The first-order valence-corrected chi connectivity index (χ1v) is 9.89. The summed E-state index contributed by atoms with van der Waals surface area (Å²) in [4.78, 5) is 11.2. The van der Waals surface area contributed by atoms with Crippen LogP contribution < -0.4 is 9.47 Å². The van der Waals surface area contributed by atoms with Crippen molar-refractivity contribution in [3.8, 4) is 11.5 Å². The Morgan fingerprint density at radius 3 is 2.00 bits per heavy atom. The molecule has 0 spiro atoms. The maximum absolute atomic E-state index is 11.2. The van der Waals surface area contributed by atoms with Crippen LogP contribution in [0.2, 0.25) is 0 Å². The number of rotatable bonds is 9. The zero-order valence-corrected chi connectivity index (χ0v) is 15.9. The highest BCUT2D eigenvalue weighted by Gasteiger charge is 2.14. The van der Waals surface area contributed by atoms with Gasteiger partial charge in [0.1, 0.15) is 0 Å². The number of carboxylic acids is 1. The fraction of sp³-hybridized carbons (Fsp3) is 0.267. The Morgan fingerprint density at radius 1 is 0.963 bits per heavy atom. The van der Waals surface area contributed by atoms with Crippen molar-refractivity contribution < 1.29 is 28.2 Å². The van der Waals surface area contributed by atoms with E-state index in [0.717, 1.165) is 0 Å². The van der Waals surface area contributed by atoms with Crippen molar-refractivity contribution in [3.63, 3.8) is 0 Å². The Balaban J connectivity index is 1.74. The topological polar surface area (TPSA) is 134 Å². The molecule has 0 unspecified atom stereocenters. The van der Waals surface area contributed by atoms with Crippen LogP contribution >= 0.6 is 23.5 Å². The lowest BCUT2D eigenvalue weighted by Gasteiger charge is -2.11. The summed E-state index contributed by atoms with van der Waals surface area (Å²) in [5.74, 6) is -0.0195. The number of ether oxygens (including phenoxy) is 2. The van der Waals surface area contributed by atoms with E-state index < -0.39 is 5.97 Å². The lowest BCUT2D eigenvalue weighted by molar-refractivity contribution is 0.0696. The molecule has 0 aliphatic rings. The van der Waals surface area contributed by atoms with Crippen LogP contribution in [0.25, 0.3) is 0 Å². The van der Waals surface area contributed by atoms with Crippen LogP contribution in [-0.2, 0) is 13.2 Å². The molecule has 0 radical (unpaired) electrons. The highest BCUT2D eigenvalue weighted by molar-refractivity contribution is 7.98. The Morgan fingerprint density at radius 2 is 1.52 bits per heavy atom. The molecule has 0 fully saturated rings. The fourth-order valence-electron chi connectivity index (χ4n) is 1.91. The summed E-state index contributed by atoms with van der Waals surface area (Å²) in [6, 6.07) is 4.25. The summed E-state index contributed by atoms with van der Waals surface area (Å²) >= 11 is 2.63. The number of hydrogen-bond donors (Lipinski definition) is 1. The van der Waals surface area contributed by atoms with Crippen molar-refractivity contribution >= 4 is 29.5 Å². The SMILES string of the molecule is CSc1nnc(COc2ccc(C(=O)O)cc2OCc2nnc(SC)o2)o1. The van der Waals surface area contributed by atoms with Crippen molar-refractivity contribution in [1.29, 1.82) is 0 Å². The minimum atomic E-state index is -1.09. The van der Waals surface area contributed by atoms with E-state index in [-0.39, 0.29) is 36.3 Å². The molecule has 0 aliphatic heterocycles. The molecule has 10 nitrogen and oxygen atoms in total. The van der Waals surface area contributed by atoms with Gasteiger partial charge in [0.05, 0.1) is 5.56 Å². The van der Waals surface area contributed by atoms with Crippen molar-refractivity contribution in [2.24, 2.45) is 0 Å². The number of benzene rings is 1. The van der Waals surface area contributed by atoms with Gasteiger partial charge in [-0.15, -0.1) is 20.4 Å². The molecule has 0 atom stereocenters. The van der Waals surface area contributed by atoms with Gasteiger partial charge in [-0.25, -0.2) is 4.79 Å². The van der Waals surface area contributed by atoms with Gasteiger partial charge in [-0.2, -0.15) is 0 Å². The molecular weight excluding hydrogens is 396 g/mol. The number of aromatic carboxylic acids is 1. The second-order valence-electron chi connectivity index (χ2n) is 4.88. The van der Waals surface area contributed by atoms with Gasteiger partial charge < -0.3 is 23.4 Å². The molecule has 0 amide bonds. The average Bonchev–Trinajstić information content (AvgIpc) is 3.33. The van der Waals surface area contributed by atoms with Crippen molar-refractivity contribution in [2.75, 3.05) is 12.5 Å². The summed E-state index contributed by atoms with van der Waals surface area (Å²) < 4.78 is 21.9. The first-order chi connectivity index (χ1) is 13.1. The quantitative estimate of drug-likeness (QED) is 0.520. The molecule has 142 valence electrons. The summed E-state index contributed by atoms with van der Waals surface area (Å²) in [5.41, 5.74) is 0.0511. The summed E-state index contributed by atoms with van der Waals surface area (Å²) in [6.45, 7) is -0.0301. The largest absolute Gasteiger partial charge is 0.480 e. The summed E-state index contributed by atoms with van der Waals surface area (Å²) in [6.07, 6.45) is 3.62. The van der Waals surface area contributed by atoms with Crippen LogP contribution in [0, 0.1) is 0 Å². The van der Waals surface area contributed by atoms with Crippen LogP contribution in [-0.4, -0.2) is 44.0 Å². The average molecular weight is 410 g/mol. The van der Waals surface area contributed by atoms with Gasteiger partial charge in [-0.05, 0) is 30.7 Å². The molecule has 12 heteroatoms. The molecule has 0 bridgehead atoms. The van der Waals surface area contributed by atoms with Gasteiger partial charge in [0.2, 0.25) is 0 Å². The highest BCUT2D eigenvalue weighted by Crippen LogP contribution is 2.30. The third-order valence-corrected chi connectivity index (χ3v) is 4.17. The van der Waals surface area contributed by atoms with Crippen LogP contribution in [0.15, 0.2) is 37.5 Å². The van der Waals surface area contributed by atoms with E-state index >= 15 is 0 Å².